The van der Waals surface area contributed by atoms with Gasteiger partial charge in [0.1, 0.15) is 11.9 Å². The minimum absolute atomic E-state index is 0.0429. The largest absolute Gasteiger partial charge is 0.463 e. The summed E-state index contributed by atoms with van der Waals surface area (Å²) >= 11 is 0. The summed E-state index contributed by atoms with van der Waals surface area (Å²) in [4.78, 5) is 24.1. The van der Waals surface area contributed by atoms with Crippen LogP contribution in [0, 0.1) is 40.4 Å². The predicted octanol–water partition coefficient (Wildman–Crippen LogP) is 4.78. The average Bonchev–Trinajstić information content (AvgIpc) is 2.78. The van der Waals surface area contributed by atoms with Gasteiger partial charge in [0, 0.05) is 18.3 Å². The first-order valence-corrected chi connectivity index (χ1v) is 10.5. The molecule has 0 aromatic rings. The maximum atomic E-state index is 12.8. The van der Waals surface area contributed by atoms with Gasteiger partial charge in [0.25, 0.3) is 0 Å². The number of rotatable bonds is 1. The van der Waals surface area contributed by atoms with Gasteiger partial charge in [-0.1, -0.05) is 20.8 Å². The van der Waals surface area contributed by atoms with Crippen molar-refractivity contribution in [3.05, 3.63) is 0 Å². The Kier molecular flexibility index (Phi) is 4.09. The monoisotopic (exact) mass is 346 g/mol. The summed E-state index contributed by atoms with van der Waals surface area (Å²) in [6.45, 7) is 8.47. The molecule has 4 aliphatic rings. The van der Waals surface area contributed by atoms with Gasteiger partial charge in [-0.05, 0) is 80.5 Å². The number of fused-ring (bicyclic) bond motifs is 5. The molecule has 0 N–H and O–H groups in total. The van der Waals surface area contributed by atoms with Crippen LogP contribution in [0.4, 0.5) is 0 Å². The van der Waals surface area contributed by atoms with Crippen LogP contribution in [-0.2, 0) is 14.3 Å². The highest BCUT2D eigenvalue weighted by molar-refractivity contribution is 5.89. The fourth-order valence-corrected chi connectivity index (χ4v) is 7.67. The highest BCUT2D eigenvalue weighted by atomic mass is 16.5. The van der Waals surface area contributed by atoms with Crippen LogP contribution in [0.25, 0.3) is 0 Å². The fourth-order valence-electron chi connectivity index (χ4n) is 7.67. The van der Waals surface area contributed by atoms with Gasteiger partial charge >= 0.3 is 5.97 Å². The Morgan fingerprint density at radius 2 is 1.80 bits per heavy atom. The van der Waals surface area contributed by atoms with Crippen LogP contribution < -0.4 is 0 Å². The number of esters is 1. The smallest absolute Gasteiger partial charge is 0.302 e. The van der Waals surface area contributed by atoms with E-state index in [1.54, 1.807) is 0 Å². The molecule has 0 heterocycles. The van der Waals surface area contributed by atoms with E-state index in [0.29, 0.717) is 23.0 Å². The van der Waals surface area contributed by atoms with Gasteiger partial charge in [0.05, 0.1) is 0 Å². The number of carbonyl (C=O) groups excluding carboxylic acids is 2. The summed E-state index contributed by atoms with van der Waals surface area (Å²) in [5, 5.41) is 0. The van der Waals surface area contributed by atoms with Crippen molar-refractivity contribution in [3.8, 4) is 0 Å². The lowest BCUT2D eigenvalue weighted by Crippen LogP contribution is -2.54. The number of Topliss-reactive ketones (excluding diaryl/α,β-unsaturated/α-hetero) is 1. The Hall–Kier alpha value is -0.860. The minimum atomic E-state index is -0.130. The molecule has 0 unspecified atom stereocenters. The quantitative estimate of drug-likeness (QED) is 0.642. The summed E-state index contributed by atoms with van der Waals surface area (Å²) in [6.07, 6.45) is 9.36. The zero-order valence-electron chi connectivity index (χ0n) is 16.3. The number of ether oxygens (including phenoxy) is 1. The summed E-state index contributed by atoms with van der Waals surface area (Å²) in [6, 6.07) is 0. The van der Waals surface area contributed by atoms with E-state index in [2.05, 4.69) is 20.8 Å². The molecule has 25 heavy (non-hydrogen) atoms. The molecule has 4 fully saturated rings. The first-order chi connectivity index (χ1) is 11.8. The third-order valence-electron chi connectivity index (χ3n) is 8.96. The van der Waals surface area contributed by atoms with E-state index in [9.17, 15) is 9.59 Å². The van der Waals surface area contributed by atoms with E-state index in [0.717, 1.165) is 37.5 Å². The lowest BCUT2D eigenvalue weighted by Gasteiger charge is -2.60. The first-order valence-electron chi connectivity index (χ1n) is 10.5. The van der Waals surface area contributed by atoms with E-state index in [1.165, 1.54) is 32.6 Å². The molecule has 4 rings (SSSR count). The van der Waals surface area contributed by atoms with Crippen molar-refractivity contribution in [2.75, 3.05) is 0 Å². The highest BCUT2D eigenvalue weighted by Gasteiger charge is 2.61. The van der Waals surface area contributed by atoms with Gasteiger partial charge in [0.15, 0.2) is 0 Å². The Morgan fingerprint density at radius 3 is 2.52 bits per heavy atom. The molecule has 4 aliphatic carbocycles. The Balaban J connectivity index is 1.55. The molecule has 3 heteroatoms. The molecule has 3 nitrogen and oxygen atoms in total. The van der Waals surface area contributed by atoms with Crippen LogP contribution in [0.5, 0.6) is 0 Å². The molecule has 4 saturated carbocycles. The lowest BCUT2D eigenvalue weighted by atomic mass is 9.45. The molecule has 140 valence electrons. The summed E-state index contributed by atoms with van der Waals surface area (Å²) in [5.41, 5.74) is 0.342. The summed E-state index contributed by atoms with van der Waals surface area (Å²) < 4.78 is 5.55. The highest BCUT2D eigenvalue weighted by Crippen LogP contribution is 2.66. The molecular formula is C22H34O3. The Labute approximate surface area is 152 Å². The molecule has 0 spiro atoms. The zero-order valence-corrected chi connectivity index (χ0v) is 16.3. The molecule has 0 bridgehead atoms. The van der Waals surface area contributed by atoms with Gasteiger partial charge in [-0.25, -0.2) is 0 Å². The molecule has 0 radical (unpaired) electrons. The second kappa shape index (κ2) is 5.82. The lowest BCUT2D eigenvalue weighted by molar-refractivity contribution is -0.160. The first kappa shape index (κ1) is 17.5. The topological polar surface area (TPSA) is 43.4 Å². The van der Waals surface area contributed by atoms with Gasteiger partial charge in [-0.15, -0.1) is 0 Å². The van der Waals surface area contributed by atoms with Crippen molar-refractivity contribution in [2.45, 2.75) is 85.2 Å². The molecular weight excluding hydrogens is 312 g/mol. The van der Waals surface area contributed by atoms with Crippen LogP contribution in [0.1, 0.15) is 79.1 Å². The van der Waals surface area contributed by atoms with Crippen molar-refractivity contribution in [3.63, 3.8) is 0 Å². The summed E-state index contributed by atoms with van der Waals surface area (Å²) in [5.74, 6) is 3.47. The van der Waals surface area contributed by atoms with E-state index < -0.39 is 0 Å². The van der Waals surface area contributed by atoms with Crippen LogP contribution in [0.2, 0.25) is 0 Å². The standard InChI is InChI=1S/C22H34O3/c1-13-11-19-17-6-5-15-12-16(25-14(2)23)7-9-21(15,3)18(17)8-10-22(19,4)20(13)24/h13,15-19H,5-12H2,1-4H3/t13-,15+,16-,17-,18+,19+,21+,22+/m1/s1. The van der Waals surface area contributed by atoms with Crippen molar-refractivity contribution in [1.29, 1.82) is 0 Å². The van der Waals surface area contributed by atoms with Crippen LogP contribution >= 0.6 is 0 Å². The molecule has 0 amide bonds. The third kappa shape index (κ3) is 2.51. The van der Waals surface area contributed by atoms with Gasteiger partial charge in [-0.3, -0.25) is 9.59 Å². The second-order valence-corrected chi connectivity index (χ2v) is 10.1. The maximum Gasteiger partial charge on any atom is 0.302 e. The molecule has 0 saturated heterocycles. The van der Waals surface area contributed by atoms with E-state index >= 15 is 0 Å². The molecule has 0 aromatic carbocycles. The van der Waals surface area contributed by atoms with E-state index in [4.69, 9.17) is 4.74 Å². The normalized spacial score (nSPS) is 52.1. The number of hydrogen-bond donors (Lipinski definition) is 0. The zero-order chi connectivity index (χ0) is 18.0. The second-order valence-electron chi connectivity index (χ2n) is 10.1. The third-order valence-corrected chi connectivity index (χ3v) is 8.96. The number of ketones is 1. The van der Waals surface area contributed by atoms with Crippen molar-refractivity contribution in [1.82, 2.24) is 0 Å². The molecule has 0 aliphatic heterocycles. The van der Waals surface area contributed by atoms with Crippen molar-refractivity contribution < 1.29 is 14.3 Å². The molecule has 8 atom stereocenters. The van der Waals surface area contributed by atoms with E-state index in [1.807, 2.05) is 0 Å². The van der Waals surface area contributed by atoms with Gasteiger partial charge in [-0.2, -0.15) is 0 Å². The van der Waals surface area contributed by atoms with Crippen LogP contribution in [0.3, 0.4) is 0 Å². The minimum Gasteiger partial charge on any atom is -0.463 e. The molecule has 0 aromatic heterocycles. The number of carbonyl (C=O) groups is 2. The predicted molar refractivity (Wildman–Crippen MR) is 96.8 cm³/mol. The van der Waals surface area contributed by atoms with Crippen LogP contribution in [-0.4, -0.2) is 17.9 Å². The van der Waals surface area contributed by atoms with Crippen molar-refractivity contribution >= 4 is 11.8 Å². The Morgan fingerprint density at radius 1 is 1.04 bits per heavy atom. The Bertz CT molecular complexity index is 584. The average molecular weight is 347 g/mol. The van der Waals surface area contributed by atoms with Crippen molar-refractivity contribution in [2.24, 2.45) is 40.4 Å². The van der Waals surface area contributed by atoms with Gasteiger partial charge in [0.2, 0.25) is 0 Å². The maximum absolute atomic E-state index is 12.8. The number of hydrogen-bond acceptors (Lipinski definition) is 3. The summed E-state index contributed by atoms with van der Waals surface area (Å²) in [7, 11) is 0. The SMILES string of the molecule is CC(=O)O[C@@H]1CC[C@@]2(C)[C@@H](CC[C@@H]3[C@@H]2CC[C@]2(C)C(=O)[C@H](C)C[C@@H]32)C1. The van der Waals surface area contributed by atoms with E-state index in [-0.39, 0.29) is 23.4 Å². The van der Waals surface area contributed by atoms with Crippen LogP contribution in [0.15, 0.2) is 0 Å². The fraction of sp³-hybridized carbons (Fsp3) is 0.909. The van der Waals surface area contributed by atoms with Gasteiger partial charge < -0.3 is 4.74 Å².